The smallest absolute Gasteiger partial charge is 0.320 e. The molecule has 0 aliphatic heterocycles. The molecule has 0 atom stereocenters. The summed E-state index contributed by atoms with van der Waals surface area (Å²) < 4.78 is 9.95. The van der Waals surface area contributed by atoms with Gasteiger partial charge in [0.25, 0.3) is 0 Å². The standard InChI is InChI=1S/C11H21NO3/c1-3-15-11(13)9-12(10-5-6-10)7-4-8-14-2/h10H,3-9H2,1-2H3. The van der Waals surface area contributed by atoms with E-state index in [0.29, 0.717) is 19.2 Å². The molecule has 0 aromatic carbocycles. The maximum absolute atomic E-state index is 11.3. The number of methoxy groups -OCH3 is 1. The molecule has 0 unspecified atom stereocenters. The summed E-state index contributed by atoms with van der Waals surface area (Å²) in [6.45, 7) is 4.42. The van der Waals surface area contributed by atoms with Crippen LogP contribution in [0.1, 0.15) is 26.2 Å². The molecule has 1 aliphatic carbocycles. The largest absolute Gasteiger partial charge is 0.465 e. The van der Waals surface area contributed by atoms with Gasteiger partial charge in [0, 0.05) is 26.3 Å². The highest BCUT2D eigenvalue weighted by Crippen LogP contribution is 2.26. The molecule has 0 aromatic rings. The Bertz CT molecular complexity index is 192. The highest BCUT2D eigenvalue weighted by Gasteiger charge is 2.30. The minimum Gasteiger partial charge on any atom is -0.465 e. The van der Waals surface area contributed by atoms with Crippen molar-refractivity contribution in [1.82, 2.24) is 4.90 Å². The molecule has 0 amide bonds. The van der Waals surface area contributed by atoms with Crippen molar-refractivity contribution >= 4 is 5.97 Å². The zero-order valence-corrected chi connectivity index (χ0v) is 9.70. The third-order valence-corrected chi connectivity index (χ3v) is 2.49. The fourth-order valence-corrected chi connectivity index (χ4v) is 1.61. The number of carbonyl (C=O) groups is 1. The van der Waals surface area contributed by atoms with Crippen LogP contribution in [0.25, 0.3) is 0 Å². The van der Waals surface area contributed by atoms with Crippen LogP contribution in [0.4, 0.5) is 0 Å². The maximum Gasteiger partial charge on any atom is 0.320 e. The van der Waals surface area contributed by atoms with Crippen molar-refractivity contribution in [2.24, 2.45) is 0 Å². The van der Waals surface area contributed by atoms with Gasteiger partial charge in [-0.2, -0.15) is 0 Å². The van der Waals surface area contributed by atoms with Crippen LogP contribution in [0, 0.1) is 0 Å². The minimum absolute atomic E-state index is 0.109. The summed E-state index contributed by atoms with van der Waals surface area (Å²) in [5, 5.41) is 0. The van der Waals surface area contributed by atoms with Gasteiger partial charge < -0.3 is 9.47 Å². The summed E-state index contributed by atoms with van der Waals surface area (Å²) in [5.74, 6) is -0.109. The van der Waals surface area contributed by atoms with E-state index in [2.05, 4.69) is 4.90 Å². The Hall–Kier alpha value is -0.610. The lowest BCUT2D eigenvalue weighted by Gasteiger charge is -2.20. The van der Waals surface area contributed by atoms with Gasteiger partial charge in [-0.05, 0) is 26.2 Å². The van der Waals surface area contributed by atoms with Gasteiger partial charge in [0.1, 0.15) is 0 Å². The summed E-state index contributed by atoms with van der Waals surface area (Å²) in [7, 11) is 1.70. The number of hydrogen-bond donors (Lipinski definition) is 0. The Kier molecular flexibility index (Phi) is 5.65. The quantitative estimate of drug-likeness (QED) is 0.448. The third-order valence-electron chi connectivity index (χ3n) is 2.49. The predicted molar refractivity (Wildman–Crippen MR) is 57.7 cm³/mol. The monoisotopic (exact) mass is 215 g/mol. The Morgan fingerprint density at radius 1 is 1.47 bits per heavy atom. The van der Waals surface area contributed by atoms with Gasteiger partial charge >= 0.3 is 5.97 Å². The van der Waals surface area contributed by atoms with Crippen molar-refractivity contribution in [3.05, 3.63) is 0 Å². The number of carbonyl (C=O) groups excluding carboxylic acids is 1. The first-order valence-electron chi connectivity index (χ1n) is 5.66. The molecule has 0 bridgehead atoms. The average molecular weight is 215 g/mol. The van der Waals surface area contributed by atoms with Gasteiger partial charge in [0.15, 0.2) is 0 Å². The van der Waals surface area contributed by atoms with E-state index in [0.717, 1.165) is 19.6 Å². The molecule has 1 aliphatic rings. The zero-order valence-electron chi connectivity index (χ0n) is 9.70. The highest BCUT2D eigenvalue weighted by atomic mass is 16.5. The minimum atomic E-state index is -0.109. The van der Waals surface area contributed by atoms with E-state index in [9.17, 15) is 4.79 Å². The van der Waals surface area contributed by atoms with Gasteiger partial charge in [0.05, 0.1) is 13.2 Å². The van der Waals surface area contributed by atoms with Gasteiger partial charge in [-0.3, -0.25) is 9.69 Å². The van der Waals surface area contributed by atoms with Gasteiger partial charge in [-0.1, -0.05) is 0 Å². The van der Waals surface area contributed by atoms with E-state index < -0.39 is 0 Å². The molecule has 0 saturated heterocycles. The number of esters is 1. The van der Waals surface area contributed by atoms with Crippen molar-refractivity contribution in [2.45, 2.75) is 32.2 Å². The molecule has 0 N–H and O–H groups in total. The van der Waals surface area contributed by atoms with E-state index in [-0.39, 0.29) is 5.97 Å². The molecule has 4 heteroatoms. The summed E-state index contributed by atoms with van der Waals surface area (Å²) >= 11 is 0. The lowest BCUT2D eigenvalue weighted by Crippen LogP contribution is -2.34. The Balaban J connectivity index is 2.20. The van der Waals surface area contributed by atoms with Crippen LogP contribution in [0.5, 0.6) is 0 Å². The first kappa shape index (κ1) is 12.5. The number of ether oxygens (including phenoxy) is 2. The second kappa shape index (κ2) is 6.80. The van der Waals surface area contributed by atoms with Crippen LogP contribution < -0.4 is 0 Å². The molecular formula is C11H21NO3. The molecule has 1 fully saturated rings. The molecule has 1 saturated carbocycles. The molecule has 0 heterocycles. The van der Waals surface area contributed by atoms with Crippen LogP contribution in [0.15, 0.2) is 0 Å². The topological polar surface area (TPSA) is 38.8 Å². The van der Waals surface area contributed by atoms with Gasteiger partial charge in [-0.25, -0.2) is 0 Å². The molecule has 0 aromatic heterocycles. The zero-order chi connectivity index (χ0) is 11.1. The van der Waals surface area contributed by atoms with Crippen LogP contribution in [-0.4, -0.2) is 50.3 Å². The highest BCUT2D eigenvalue weighted by molar-refractivity contribution is 5.71. The molecule has 1 rings (SSSR count). The lowest BCUT2D eigenvalue weighted by molar-refractivity contribution is -0.144. The Morgan fingerprint density at radius 3 is 2.73 bits per heavy atom. The Labute approximate surface area is 91.5 Å². The summed E-state index contributed by atoms with van der Waals surface area (Å²) in [6.07, 6.45) is 3.41. The average Bonchev–Trinajstić information content (AvgIpc) is 3.00. The normalized spacial score (nSPS) is 15.7. The molecule has 15 heavy (non-hydrogen) atoms. The summed E-state index contributed by atoms with van der Waals surface area (Å²) in [6, 6.07) is 0.603. The number of rotatable bonds is 8. The third kappa shape index (κ3) is 5.14. The van der Waals surface area contributed by atoms with Gasteiger partial charge in [-0.15, -0.1) is 0 Å². The van der Waals surface area contributed by atoms with Gasteiger partial charge in [0.2, 0.25) is 0 Å². The van der Waals surface area contributed by atoms with Crippen LogP contribution in [-0.2, 0) is 14.3 Å². The fourth-order valence-electron chi connectivity index (χ4n) is 1.61. The number of nitrogens with zero attached hydrogens (tertiary/aromatic N) is 1. The number of hydrogen-bond acceptors (Lipinski definition) is 4. The second-order valence-corrected chi connectivity index (χ2v) is 3.85. The summed E-state index contributed by atoms with van der Waals surface area (Å²) in [5.41, 5.74) is 0. The first-order valence-corrected chi connectivity index (χ1v) is 5.66. The van der Waals surface area contributed by atoms with E-state index in [1.165, 1.54) is 12.8 Å². The Morgan fingerprint density at radius 2 is 2.20 bits per heavy atom. The van der Waals surface area contributed by atoms with Crippen molar-refractivity contribution in [2.75, 3.05) is 33.4 Å². The predicted octanol–water partition coefficient (Wildman–Crippen LogP) is 1.05. The van der Waals surface area contributed by atoms with E-state index >= 15 is 0 Å². The van der Waals surface area contributed by atoms with E-state index in [4.69, 9.17) is 9.47 Å². The first-order chi connectivity index (χ1) is 7.27. The van der Waals surface area contributed by atoms with Crippen LogP contribution in [0.2, 0.25) is 0 Å². The van der Waals surface area contributed by atoms with E-state index in [1.807, 2.05) is 6.92 Å². The van der Waals surface area contributed by atoms with Crippen LogP contribution >= 0.6 is 0 Å². The van der Waals surface area contributed by atoms with E-state index in [1.54, 1.807) is 7.11 Å². The molecule has 0 spiro atoms. The molecule has 4 nitrogen and oxygen atoms in total. The molecular weight excluding hydrogens is 194 g/mol. The molecule has 88 valence electrons. The second-order valence-electron chi connectivity index (χ2n) is 3.85. The summed E-state index contributed by atoms with van der Waals surface area (Å²) in [4.78, 5) is 13.5. The maximum atomic E-state index is 11.3. The lowest BCUT2D eigenvalue weighted by atomic mass is 10.3. The SMILES string of the molecule is CCOC(=O)CN(CCCOC)C1CC1. The van der Waals surface area contributed by atoms with Crippen molar-refractivity contribution in [1.29, 1.82) is 0 Å². The fraction of sp³-hybridized carbons (Fsp3) is 0.909. The molecule has 0 radical (unpaired) electrons. The van der Waals surface area contributed by atoms with Crippen molar-refractivity contribution in [3.63, 3.8) is 0 Å². The van der Waals surface area contributed by atoms with Crippen LogP contribution in [0.3, 0.4) is 0 Å². The van der Waals surface area contributed by atoms with Crippen molar-refractivity contribution in [3.8, 4) is 0 Å². The van der Waals surface area contributed by atoms with Crippen molar-refractivity contribution < 1.29 is 14.3 Å².